The van der Waals surface area contributed by atoms with E-state index >= 15 is 0 Å². The van der Waals surface area contributed by atoms with Gasteiger partial charge in [-0.3, -0.25) is 9.36 Å². The molecule has 1 aromatic heterocycles. The van der Waals surface area contributed by atoms with Crippen molar-refractivity contribution in [2.45, 2.75) is 11.0 Å². The molecule has 0 amide bonds. The molecule has 3 aromatic rings. The van der Waals surface area contributed by atoms with Crippen molar-refractivity contribution < 1.29 is 9.18 Å². The Bertz CT molecular complexity index is 1010. The van der Waals surface area contributed by atoms with Crippen molar-refractivity contribution in [3.05, 3.63) is 82.1 Å². The van der Waals surface area contributed by atoms with Gasteiger partial charge < -0.3 is 0 Å². The number of aromatic nitrogens is 2. The van der Waals surface area contributed by atoms with Crippen molar-refractivity contribution >= 4 is 41.4 Å². The fourth-order valence-corrected chi connectivity index (χ4v) is 6.95. The van der Waals surface area contributed by atoms with Crippen molar-refractivity contribution in [3.8, 4) is 5.69 Å². The third-order valence-corrected chi connectivity index (χ3v) is 8.27. The van der Waals surface area contributed by atoms with E-state index in [1.807, 2.05) is 31.2 Å². The highest BCUT2D eigenvalue weighted by atomic mass is 35.5. The van der Waals surface area contributed by atoms with Gasteiger partial charge in [0.05, 0.1) is 11.9 Å². The largest absolute Gasteiger partial charge is 0.296 e. The molecule has 0 bridgehead atoms. The second-order valence-electron chi connectivity index (χ2n) is 6.14. The van der Waals surface area contributed by atoms with E-state index in [9.17, 15) is 9.18 Å². The number of rotatable bonds is 4. The Morgan fingerprint density at radius 3 is 2.63 bits per heavy atom. The molecular weight excluding hydrogens is 403 g/mol. The minimum Gasteiger partial charge on any atom is -0.296 e. The summed E-state index contributed by atoms with van der Waals surface area (Å²) >= 11 is 9.74. The number of thioether (sulfide) groups is 2. The van der Waals surface area contributed by atoms with Gasteiger partial charge in [-0.25, -0.2) is 9.37 Å². The molecule has 0 unspecified atom stereocenters. The third-order valence-electron chi connectivity index (χ3n) is 4.56. The van der Waals surface area contributed by atoms with Crippen LogP contribution in [0.5, 0.6) is 0 Å². The average molecular weight is 419 g/mol. The van der Waals surface area contributed by atoms with Gasteiger partial charge in [0.1, 0.15) is 21.4 Å². The monoisotopic (exact) mass is 418 g/mol. The third kappa shape index (κ3) is 3.10. The van der Waals surface area contributed by atoms with Gasteiger partial charge in [-0.1, -0.05) is 29.8 Å². The van der Waals surface area contributed by atoms with Crippen LogP contribution in [0.3, 0.4) is 0 Å². The van der Waals surface area contributed by atoms with Gasteiger partial charge in [-0.15, -0.1) is 23.5 Å². The van der Waals surface area contributed by atoms with Gasteiger partial charge in [-0.05, 0) is 31.2 Å². The highest BCUT2D eigenvalue weighted by molar-refractivity contribution is 8.20. The number of hydrogen-bond donors (Lipinski definition) is 0. The zero-order valence-corrected chi connectivity index (χ0v) is 16.9. The normalized spacial score (nSPS) is 15.8. The van der Waals surface area contributed by atoms with Crippen LogP contribution in [0.1, 0.15) is 27.4 Å². The lowest BCUT2D eigenvalue weighted by Gasteiger charge is -2.31. The molecule has 1 aliphatic heterocycles. The van der Waals surface area contributed by atoms with Gasteiger partial charge in [0.2, 0.25) is 0 Å². The maximum absolute atomic E-state index is 14.8. The molecular formula is C20H16ClFN2OS2. The molecule has 1 saturated heterocycles. The predicted octanol–water partition coefficient (Wildman–Crippen LogP) is 5.47. The molecule has 1 aliphatic rings. The lowest BCUT2D eigenvalue weighted by molar-refractivity contribution is 0.111. The average Bonchev–Trinajstić information content (AvgIpc) is 3.30. The van der Waals surface area contributed by atoms with E-state index in [4.69, 9.17) is 11.6 Å². The Morgan fingerprint density at radius 2 is 1.93 bits per heavy atom. The Morgan fingerprint density at radius 1 is 1.19 bits per heavy atom. The molecule has 0 aliphatic carbocycles. The van der Waals surface area contributed by atoms with Gasteiger partial charge in [0.25, 0.3) is 0 Å². The van der Waals surface area contributed by atoms with E-state index in [1.54, 1.807) is 46.4 Å². The Kier molecular flexibility index (Phi) is 5.05. The maximum Gasteiger partial charge on any atom is 0.168 e. The molecule has 4 rings (SSSR count). The number of halogens is 2. The summed E-state index contributed by atoms with van der Waals surface area (Å²) < 4.78 is 16.0. The van der Waals surface area contributed by atoms with E-state index in [1.165, 1.54) is 6.07 Å². The highest BCUT2D eigenvalue weighted by Gasteiger charge is 2.43. The number of benzene rings is 2. The lowest BCUT2D eigenvalue weighted by Crippen LogP contribution is -2.21. The van der Waals surface area contributed by atoms with Crippen LogP contribution in [0.15, 0.2) is 48.7 Å². The van der Waals surface area contributed by atoms with Crippen LogP contribution in [0.25, 0.3) is 5.69 Å². The lowest BCUT2D eigenvalue weighted by atomic mass is 10.0. The molecule has 27 heavy (non-hydrogen) atoms. The molecule has 3 nitrogen and oxygen atoms in total. The quantitative estimate of drug-likeness (QED) is 0.526. The number of aryl methyl sites for hydroxylation is 1. The molecule has 0 atom stereocenters. The van der Waals surface area contributed by atoms with Crippen molar-refractivity contribution in [1.82, 2.24) is 9.55 Å². The van der Waals surface area contributed by atoms with Crippen molar-refractivity contribution in [2.24, 2.45) is 0 Å². The fraction of sp³-hybridized carbons (Fsp3) is 0.200. The van der Waals surface area contributed by atoms with Crippen molar-refractivity contribution in [1.29, 1.82) is 0 Å². The van der Waals surface area contributed by atoms with Crippen LogP contribution in [-0.4, -0.2) is 27.3 Å². The molecule has 2 aromatic carbocycles. The van der Waals surface area contributed by atoms with Crippen LogP contribution in [0, 0.1) is 12.7 Å². The van der Waals surface area contributed by atoms with E-state index in [0.717, 1.165) is 29.0 Å². The number of nitrogens with zero attached hydrogens (tertiary/aromatic N) is 2. The first kappa shape index (κ1) is 18.6. The minimum absolute atomic E-state index is 0.247. The van der Waals surface area contributed by atoms with E-state index in [0.29, 0.717) is 22.1 Å². The summed E-state index contributed by atoms with van der Waals surface area (Å²) in [6.07, 6.45) is 2.33. The van der Waals surface area contributed by atoms with Gasteiger partial charge in [-0.2, -0.15) is 0 Å². The molecule has 0 spiro atoms. The van der Waals surface area contributed by atoms with Gasteiger partial charge >= 0.3 is 0 Å². The van der Waals surface area contributed by atoms with Crippen LogP contribution >= 0.6 is 35.1 Å². The number of aldehydes is 1. The van der Waals surface area contributed by atoms with Crippen LogP contribution in [0.2, 0.25) is 5.02 Å². The highest BCUT2D eigenvalue weighted by Crippen LogP contribution is 2.58. The van der Waals surface area contributed by atoms with Gasteiger partial charge in [0.15, 0.2) is 6.29 Å². The number of imidazole rings is 1. The van der Waals surface area contributed by atoms with E-state index < -0.39 is 4.08 Å². The zero-order chi connectivity index (χ0) is 19.0. The smallest absolute Gasteiger partial charge is 0.168 e. The van der Waals surface area contributed by atoms with Crippen molar-refractivity contribution in [2.75, 3.05) is 11.5 Å². The Balaban J connectivity index is 2.03. The summed E-state index contributed by atoms with van der Waals surface area (Å²) in [6, 6.07) is 12.4. The van der Waals surface area contributed by atoms with Gasteiger partial charge in [0, 0.05) is 27.7 Å². The van der Waals surface area contributed by atoms with E-state index in [-0.39, 0.29) is 5.82 Å². The zero-order valence-electron chi connectivity index (χ0n) is 14.5. The first-order valence-electron chi connectivity index (χ1n) is 8.39. The standard InChI is InChI=1S/C20H16ClFN2OS2/c1-13-23-11-15(12-25)24(13)19-7-6-14(21)10-17(19)20(26-8-9-27-20)16-4-2-3-5-18(16)22/h2-7,10-12H,8-9H2,1H3. The SMILES string of the molecule is Cc1ncc(C=O)n1-c1ccc(Cl)cc1C1(c2ccccc2F)SCCS1. The Hall–Kier alpha value is -1.76. The van der Waals surface area contributed by atoms with Crippen molar-refractivity contribution in [3.63, 3.8) is 0 Å². The molecule has 0 N–H and O–H groups in total. The molecule has 138 valence electrons. The number of carbonyl (C=O) groups is 1. The van der Waals surface area contributed by atoms with Crippen LogP contribution in [-0.2, 0) is 4.08 Å². The molecule has 2 heterocycles. The first-order chi connectivity index (χ1) is 13.1. The Labute approximate surface area is 170 Å². The number of carbonyl (C=O) groups excluding carboxylic acids is 1. The second-order valence-corrected chi connectivity index (χ2v) is 9.45. The summed E-state index contributed by atoms with van der Waals surface area (Å²) in [7, 11) is 0. The van der Waals surface area contributed by atoms with Crippen LogP contribution < -0.4 is 0 Å². The molecule has 1 fully saturated rings. The fourth-order valence-electron chi connectivity index (χ4n) is 3.42. The molecule has 0 saturated carbocycles. The van der Waals surface area contributed by atoms with E-state index in [2.05, 4.69) is 4.98 Å². The summed E-state index contributed by atoms with van der Waals surface area (Å²) in [5.41, 5.74) is 2.73. The van der Waals surface area contributed by atoms with Crippen LogP contribution in [0.4, 0.5) is 4.39 Å². The summed E-state index contributed by atoms with van der Waals surface area (Å²) in [4.78, 5) is 15.8. The predicted molar refractivity (Wildman–Crippen MR) is 111 cm³/mol. The first-order valence-corrected chi connectivity index (χ1v) is 10.7. The number of hydrogen-bond acceptors (Lipinski definition) is 4. The maximum atomic E-state index is 14.8. The molecule has 0 radical (unpaired) electrons. The topological polar surface area (TPSA) is 34.9 Å². The summed E-state index contributed by atoms with van der Waals surface area (Å²) in [5, 5.41) is 0.572. The summed E-state index contributed by atoms with van der Waals surface area (Å²) in [5.74, 6) is 2.24. The molecule has 7 heteroatoms. The second kappa shape index (κ2) is 7.34. The minimum atomic E-state index is -0.636. The summed E-state index contributed by atoms with van der Waals surface area (Å²) in [6.45, 7) is 1.84.